The number of hydrogen-bond donors (Lipinski definition) is 0. The van der Waals surface area contributed by atoms with Gasteiger partial charge < -0.3 is 14.1 Å². The van der Waals surface area contributed by atoms with E-state index in [9.17, 15) is 9.59 Å². The van der Waals surface area contributed by atoms with Crippen LogP contribution in [0.25, 0.3) is 0 Å². The summed E-state index contributed by atoms with van der Waals surface area (Å²) in [5.41, 5.74) is 0.0967. The normalized spacial score (nSPS) is 20.7. The molecule has 2 atom stereocenters. The van der Waals surface area contributed by atoms with Gasteiger partial charge in [-0.3, -0.25) is 4.79 Å². The number of likely N-dealkylation sites (tertiary alicyclic amines) is 1. The zero-order chi connectivity index (χ0) is 22.7. The molecule has 1 aliphatic rings. The molecule has 30 heavy (non-hydrogen) atoms. The van der Waals surface area contributed by atoms with Gasteiger partial charge in [0.05, 0.1) is 6.10 Å². The first kappa shape index (κ1) is 24.6. The minimum Gasteiger partial charge on any atom is -0.444 e. The molecular formula is C24H39NO4Si. The maximum atomic E-state index is 13.0. The number of nitrogens with zero attached hydrogens (tertiary/aromatic N) is 1. The maximum Gasteiger partial charge on any atom is 0.410 e. The molecule has 1 aromatic carbocycles. The summed E-state index contributed by atoms with van der Waals surface area (Å²) in [6.07, 6.45) is 1.49. The summed E-state index contributed by atoms with van der Waals surface area (Å²) in [4.78, 5) is 27.5. The van der Waals surface area contributed by atoms with Crippen molar-refractivity contribution in [3.63, 3.8) is 0 Å². The second kappa shape index (κ2) is 9.23. The number of hydrogen-bond acceptors (Lipinski definition) is 4. The molecule has 0 aromatic heterocycles. The van der Waals surface area contributed by atoms with E-state index < -0.39 is 13.9 Å². The van der Waals surface area contributed by atoms with Gasteiger partial charge in [0.1, 0.15) is 5.60 Å². The predicted octanol–water partition coefficient (Wildman–Crippen LogP) is 6.05. The monoisotopic (exact) mass is 433 g/mol. The molecule has 1 aromatic rings. The third-order valence-corrected chi connectivity index (χ3v) is 10.6. The maximum absolute atomic E-state index is 13.0. The molecule has 0 radical (unpaired) electrons. The average molecular weight is 434 g/mol. The number of ether oxygens (including phenoxy) is 1. The van der Waals surface area contributed by atoms with Gasteiger partial charge in [-0.2, -0.15) is 0 Å². The second-order valence-corrected chi connectivity index (χ2v) is 15.6. The highest BCUT2D eigenvalue weighted by molar-refractivity contribution is 6.74. The fourth-order valence-corrected chi connectivity index (χ4v) is 4.78. The van der Waals surface area contributed by atoms with E-state index in [0.717, 1.165) is 12.8 Å². The molecule has 1 fully saturated rings. The molecule has 0 bridgehead atoms. The quantitative estimate of drug-likeness (QED) is 0.419. The largest absolute Gasteiger partial charge is 0.444 e. The van der Waals surface area contributed by atoms with Crippen molar-refractivity contribution in [2.24, 2.45) is 0 Å². The van der Waals surface area contributed by atoms with Gasteiger partial charge in [-0.25, -0.2) is 4.79 Å². The molecule has 6 heteroatoms. The lowest BCUT2D eigenvalue weighted by molar-refractivity contribution is -0.0107. The van der Waals surface area contributed by atoms with E-state index in [1.54, 1.807) is 4.90 Å². The van der Waals surface area contributed by atoms with E-state index in [2.05, 4.69) is 33.9 Å². The van der Waals surface area contributed by atoms with Gasteiger partial charge in [-0.15, -0.1) is 0 Å². The Kier molecular flexibility index (Phi) is 7.57. The fraction of sp³-hybridized carbons (Fsp3) is 0.667. The van der Waals surface area contributed by atoms with Crippen molar-refractivity contribution in [3.8, 4) is 0 Å². The highest BCUT2D eigenvalue weighted by atomic mass is 28.4. The zero-order valence-corrected chi connectivity index (χ0v) is 21.0. The topological polar surface area (TPSA) is 55.8 Å². The first-order valence-corrected chi connectivity index (χ1v) is 13.9. The summed E-state index contributed by atoms with van der Waals surface area (Å²) >= 11 is 0. The molecular weight excluding hydrogens is 394 g/mol. The van der Waals surface area contributed by atoms with Crippen LogP contribution in [0.3, 0.4) is 0 Å². The summed E-state index contributed by atoms with van der Waals surface area (Å²) in [7, 11) is -1.96. The second-order valence-electron chi connectivity index (χ2n) is 10.9. The van der Waals surface area contributed by atoms with E-state index in [4.69, 9.17) is 9.16 Å². The van der Waals surface area contributed by atoms with Crippen molar-refractivity contribution < 1.29 is 18.8 Å². The number of piperidine rings is 1. The minimum atomic E-state index is -1.96. The number of Topliss-reactive ketones (excluding diaryl/α,β-unsaturated/α-hetero) is 1. The highest BCUT2D eigenvalue weighted by Crippen LogP contribution is 2.39. The van der Waals surface area contributed by atoms with Crippen molar-refractivity contribution in [1.29, 1.82) is 0 Å². The van der Waals surface area contributed by atoms with Gasteiger partial charge in [-0.1, -0.05) is 51.1 Å². The Morgan fingerprint density at radius 3 is 2.17 bits per heavy atom. The fourth-order valence-electron chi connectivity index (χ4n) is 3.40. The van der Waals surface area contributed by atoms with Crippen LogP contribution in [0.2, 0.25) is 18.1 Å². The molecule has 0 aliphatic carbocycles. The third-order valence-electron chi connectivity index (χ3n) is 6.08. The van der Waals surface area contributed by atoms with E-state index >= 15 is 0 Å². The lowest BCUT2D eigenvalue weighted by Gasteiger charge is -2.45. The van der Waals surface area contributed by atoms with Gasteiger partial charge in [0.2, 0.25) is 0 Å². The van der Waals surface area contributed by atoms with Crippen LogP contribution in [-0.4, -0.2) is 49.4 Å². The summed E-state index contributed by atoms with van der Waals surface area (Å²) in [5, 5.41) is 0.101. The van der Waals surface area contributed by atoms with Crippen molar-refractivity contribution in [1.82, 2.24) is 4.90 Å². The number of rotatable bonds is 5. The molecule has 1 amide bonds. The van der Waals surface area contributed by atoms with Crippen LogP contribution in [0.4, 0.5) is 4.79 Å². The summed E-state index contributed by atoms with van der Waals surface area (Å²) in [5.74, 6) is 0.0536. The summed E-state index contributed by atoms with van der Waals surface area (Å²) < 4.78 is 12.3. The lowest BCUT2D eigenvalue weighted by atomic mass is 9.94. The number of carbonyl (C=O) groups is 2. The van der Waals surface area contributed by atoms with E-state index in [-0.39, 0.29) is 29.1 Å². The van der Waals surface area contributed by atoms with Crippen LogP contribution < -0.4 is 0 Å². The number of ketones is 1. The molecule has 0 unspecified atom stereocenters. The van der Waals surface area contributed by atoms with Crippen molar-refractivity contribution in [2.45, 2.75) is 96.7 Å². The van der Waals surface area contributed by atoms with Gasteiger partial charge in [0.15, 0.2) is 14.1 Å². The Labute approximate surface area is 183 Å². The number of benzene rings is 1. The zero-order valence-electron chi connectivity index (χ0n) is 20.0. The van der Waals surface area contributed by atoms with Crippen LogP contribution in [0.15, 0.2) is 30.3 Å². The van der Waals surface area contributed by atoms with Gasteiger partial charge >= 0.3 is 6.09 Å². The molecule has 0 N–H and O–H groups in total. The third kappa shape index (κ3) is 6.67. The standard InChI is InChI=1S/C24H39NO4Si/c1-23(2,3)28-22(27)25-17-20(29-30(7,8)24(4,5)6)15-14-19(25)16-21(26)18-12-10-9-11-13-18/h9-13,19-20H,14-17H2,1-8H3/t19-,20-/m1/s1. The lowest BCUT2D eigenvalue weighted by Crippen LogP contribution is -2.54. The molecule has 5 nitrogen and oxygen atoms in total. The van der Waals surface area contributed by atoms with Gasteiger partial charge in [0, 0.05) is 24.6 Å². The SMILES string of the molecule is CC(C)(C)OC(=O)N1C[C@H](O[Si](C)(C)C(C)(C)C)CC[C@@H]1CC(=O)c1ccccc1. The predicted molar refractivity (Wildman–Crippen MR) is 123 cm³/mol. The van der Waals surface area contributed by atoms with Crippen molar-refractivity contribution in [2.75, 3.05) is 6.54 Å². The van der Waals surface area contributed by atoms with Crippen LogP contribution in [-0.2, 0) is 9.16 Å². The summed E-state index contributed by atoms with van der Waals surface area (Å²) in [6.45, 7) is 17.2. The van der Waals surface area contributed by atoms with Crippen LogP contribution >= 0.6 is 0 Å². The Morgan fingerprint density at radius 1 is 1.03 bits per heavy atom. The summed E-state index contributed by atoms with van der Waals surface area (Å²) in [6, 6.07) is 9.10. The number of amides is 1. The van der Waals surface area contributed by atoms with E-state index in [1.807, 2.05) is 51.1 Å². The van der Waals surface area contributed by atoms with Crippen LogP contribution in [0.1, 0.15) is 71.2 Å². The Balaban J connectivity index is 2.17. The highest BCUT2D eigenvalue weighted by Gasteiger charge is 2.42. The molecule has 0 saturated carbocycles. The van der Waals surface area contributed by atoms with Gasteiger partial charge in [0.25, 0.3) is 0 Å². The smallest absolute Gasteiger partial charge is 0.410 e. The van der Waals surface area contributed by atoms with Gasteiger partial charge in [-0.05, 0) is 51.7 Å². The van der Waals surface area contributed by atoms with Crippen LogP contribution in [0, 0.1) is 0 Å². The molecule has 2 rings (SSSR count). The Hall–Kier alpha value is -1.66. The molecule has 1 heterocycles. The van der Waals surface area contributed by atoms with Crippen molar-refractivity contribution in [3.05, 3.63) is 35.9 Å². The molecule has 168 valence electrons. The molecule has 0 spiro atoms. The van der Waals surface area contributed by atoms with E-state index in [1.165, 1.54) is 0 Å². The molecule has 1 aliphatic heterocycles. The minimum absolute atomic E-state index is 0.0264. The first-order chi connectivity index (χ1) is 13.7. The van der Waals surface area contributed by atoms with Crippen molar-refractivity contribution >= 4 is 20.2 Å². The Morgan fingerprint density at radius 2 is 1.63 bits per heavy atom. The van der Waals surface area contributed by atoms with Crippen LogP contribution in [0.5, 0.6) is 0 Å². The first-order valence-electron chi connectivity index (χ1n) is 11.0. The average Bonchev–Trinajstić information content (AvgIpc) is 2.61. The molecule has 1 saturated heterocycles. The number of carbonyl (C=O) groups excluding carboxylic acids is 2. The Bertz CT molecular complexity index is 734. The van der Waals surface area contributed by atoms with E-state index in [0.29, 0.717) is 18.5 Å².